The van der Waals surface area contributed by atoms with Crippen LogP contribution in [0.4, 0.5) is 43.4 Å². The monoisotopic (exact) mass is 589 g/mol. The fraction of sp³-hybridized carbons (Fsp3) is 0.556. The van der Waals surface area contributed by atoms with Crippen molar-refractivity contribution < 1.29 is 36.4 Å². The standard InChI is InChI=1S/C27H33F6N5O3/c28-26(29,30)19-4-7-22(8-5-19)36-13-2-12-35(15-16-36)11-1-3-25(39)37-14-10-21(18-37)34-20-6-9-24(38(40)41)23(17-20)27(31,32)33/h4-9,17,21,25,34,39H,1-3,10-16,18H2/t21-,25?/m1/s1. The summed E-state index contributed by atoms with van der Waals surface area (Å²) in [5.41, 5.74) is -2.08. The maximum atomic E-state index is 13.3. The number of nitro benzene ring substituents is 1. The molecule has 2 aliphatic rings. The van der Waals surface area contributed by atoms with Crippen molar-refractivity contribution in [2.45, 2.75) is 50.3 Å². The van der Waals surface area contributed by atoms with Crippen molar-refractivity contribution in [3.05, 3.63) is 63.7 Å². The summed E-state index contributed by atoms with van der Waals surface area (Å²) in [6, 6.07) is 7.84. The number of benzene rings is 2. The van der Waals surface area contributed by atoms with E-state index in [1.54, 1.807) is 0 Å². The summed E-state index contributed by atoms with van der Waals surface area (Å²) in [6.45, 7) is 4.77. The van der Waals surface area contributed by atoms with Gasteiger partial charge in [0.15, 0.2) is 0 Å². The lowest BCUT2D eigenvalue weighted by atomic mass is 10.1. The molecule has 2 heterocycles. The predicted molar refractivity (Wildman–Crippen MR) is 142 cm³/mol. The minimum absolute atomic E-state index is 0.135. The van der Waals surface area contributed by atoms with E-state index in [9.17, 15) is 41.6 Å². The number of nitrogens with zero attached hydrogens (tertiary/aromatic N) is 4. The van der Waals surface area contributed by atoms with Crippen molar-refractivity contribution in [1.82, 2.24) is 9.80 Å². The molecule has 0 saturated carbocycles. The van der Waals surface area contributed by atoms with Crippen molar-refractivity contribution in [2.75, 3.05) is 56.0 Å². The Morgan fingerprint density at radius 1 is 0.976 bits per heavy atom. The molecule has 2 aliphatic heterocycles. The third-order valence-electron chi connectivity index (χ3n) is 7.60. The minimum atomic E-state index is -4.86. The maximum Gasteiger partial charge on any atom is 0.423 e. The molecule has 1 unspecified atom stereocenters. The lowest BCUT2D eigenvalue weighted by molar-refractivity contribution is -0.388. The smallest absolute Gasteiger partial charge is 0.381 e. The Labute approximate surface area is 233 Å². The van der Waals surface area contributed by atoms with Gasteiger partial charge in [-0.15, -0.1) is 0 Å². The van der Waals surface area contributed by atoms with E-state index in [1.807, 2.05) is 4.90 Å². The number of aliphatic hydroxyl groups is 1. The first-order valence-corrected chi connectivity index (χ1v) is 13.5. The van der Waals surface area contributed by atoms with E-state index < -0.39 is 40.3 Å². The molecule has 0 radical (unpaired) electrons. The minimum Gasteiger partial charge on any atom is -0.381 e. The SMILES string of the molecule is O=[N+]([O-])c1ccc(N[C@@H]2CCN(C(O)CCCN3CCCN(c4ccc(C(F)(F)F)cc4)CC3)C2)cc1C(F)(F)F. The zero-order valence-corrected chi connectivity index (χ0v) is 22.3. The fourth-order valence-electron chi connectivity index (χ4n) is 5.42. The van der Waals surface area contributed by atoms with Crippen LogP contribution in [0.2, 0.25) is 0 Å². The summed E-state index contributed by atoms with van der Waals surface area (Å²) in [7, 11) is 0. The molecule has 2 aromatic rings. The first-order chi connectivity index (χ1) is 19.3. The summed E-state index contributed by atoms with van der Waals surface area (Å²) in [4.78, 5) is 16.1. The van der Waals surface area contributed by atoms with Gasteiger partial charge in [-0.05, 0) is 75.2 Å². The van der Waals surface area contributed by atoms with Gasteiger partial charge in [-0.1, -0.05) is 0 Å². The second-order valence-electron chi connectivity index (χ2n) is 10.5. The average molecular weight is 590 g/mol. The van der Waals surface area contributed by atoms with Gasteiger partial charge in [-0.3, -0.25) is 15.0 Å². The van der Waals surface area contributed by atoms with Gasteiger partial charge < -0.3 is 20.2 Å². The molecular weight excluding hydrogens is 556 g/mol. The zero-order chi connectivity index (χ0) is 29.8. The Morgan fingerprint density at radius 3 is 2.37 bits per heavy atom. The molecule has 0 spiro atoms. The van der Waals surface area contributed by atoms with Crippen molar-refractivity contribution in [1.29, 1.82) is 0 Å². The third kappa shape index (κ3) is 8.23. The lowest BCUT2D eigenvalue weighted by Crippen LogP contribution is -2.36. The molecule has 8 nitrogen and oxygen atoms in total. The fourth-order valence-corrected chi connectivity index (χ4v) is 5.42. The molecule has 226 valence electrons. The summed E-state index contributed by atoms with van der Waals surface area (Å²) in [5.74, 6) is 0. The number of rotatable bonds is 9. The molecule has 14 heteroatoms. The van der Waals surface area contributed by atoms with Gasteiger partial charge in [0.1, 0.15) is 11.8 Å². The normalized spacial score (nSPS) is 20.2. The number of nitrogens with one attached hydrogen (secondary N) is 1. The van der Waals surface area contributed by atoms with Crippen LogP contribution in [0.3, 0.4) is 0 Å². The van der Waals surface area contributed by atoms with Crippen LogP contribution in [0.1, 0.15) is 36.8 Å². The molecule has 2 N–H and O–H groups in total. The Hall–Kier alpha value is -3.10. The van der Waals surface area contributed by atoms with Crippen molar-refractivity contribution >= 4 is 17.1 Å². The highest BCUT2D eigenvalue weighted by Gasteiger charge is 2.39. The summed E-state index contributed by atoms with van der Waals surface area (Å²) in [6.07, 6.45) is -7.22. The lowest BCUT2D eigenvalue weighted by Gasteiger charge is -2.26. The van der Waals surface area contributed by atoms with E-state index >= 15 is 0 Å². The van der Waals surface area contributed by atoms with Crippen LogP contribution in [-0.4, -0.2) is 77.9 Å². The quantitative estimate of drug-likeness (QED) is 0.229. The first-order valence-electron chi connectivity index (χ1n) is 13.5. The molecule has 2 fully saturated rings. The van der Waals surface area contributed by atoms with Crippen molar-refractivity contribution in [3.8, 4) is 0 Å². The highest BCUT2D eigenvalue weighted by atomic mass is 19.4. The number of hydrogen-bond donors (Lipinski definition) is 2. The van der Waals surface area contributed by atoms with Gasteiger partial charge >= 0.3 is 12.4 Å². The topological polar surface area (TPSA) is 85.1 Å². The predicted octanol–water partition coefficient (Wildman–Crippen LogP) is 5.43. The molecule has 0 aliphatic carbocycles. The third-order valence-corrected chi connectivity index (χ3v) is 7.60. The number of likely N-dealkylation sites (tertiary alicyclic amines) is 1. The maximum absolute atomic E-state index is 13.3. The van der Waals surface area contributed by atoms with E-state index in [4.69, 9.17) is 0 Å². The van der Waals surface area contributed by atoms with Gasteiger partial charge in [0.2, 0.25) is 0 Å². The van der Waals surface area contributed by atoms with E-state index in [2.05, 4.69) is 15.1 Å². The van der Waals surface area contributed by atoms with Crippen LogP contribution in [0.15, 0.2) is 42.5 Å². The Balaban J connectivity index is 1.20. The molecule has 0 amide bonds. The van der Waals surface area contributed by atoms with Crippen LogP contribution in [0.5, 0.6) is 0 Å². The Morgan fingerprint density at radius 2 is 1.71 bits per heavy atom. The van der Waals surface area contributed by atoms with Gasteiger partial charge in [0, 0.05) is 56.2 Å². The average Bonchev–Trinajstić information content (AvgIpc) is 3.24. The number of halogens is 6. The van der Waals surface area contributed by atoms with Gasteiger partial charge in [-0.25, -0.2) is 0 Å². The summed E-state index contributed by atoms with van der Waals surface area (Å²) < 4.78 is 78.4. The molecule has 41 heavy (non-hydrogen) atoms. The number of nitro groups is 1. The molecule has 0 bridgehead atoms. The number of alkyl halides is 6. The number of anilines is 2. The highest BCUT2D eigenvalue weighted by Crippen LogP contribution is 2.38. The summed E-state index contributed by atoms with van der Waals surface area (Å²) >= 11 is 0. The molecule has 4 rings (SSSR count). The van der Waals surface area contributed by atoms with E-state index in [-0.39, 0.29) is 11.7 Å². The van der Waals surface area contributed by atoms with Gasteiger partial charge in [0.05, 0.1) is 10.5 Å². The molecule has 2 saturated heterocycles. The second kappa shape index (κ2) is 12.8. The highest BCUT2D eigenvalue weighted by molar-refractivity contribution is 5.55. The van der Waals surface area contributed by atoms with Crippen molar-refractivity contribution in [3.63, 3.8) is 0 Å². The molecule has 0 aromatic heterocycles. The van der Waals surface area contributed by atoms with Crippen LogP contribution in [-0.2, 0) is 12.4 Å². The molecule has 2 atom stereocenters. The van der Waals surface area contributed by atoms with Crippen LogP contribution < -0.4 is 10.2 Å². The Kier molecular flexibility index (Phi) is 9.65. The van der Waals surface area contributed by atoms with E-state index in [0.717, 1.165) is 69.0 Å². The van der Waals surface area contributed by atoms with E-state index in [0.29, 0.717) is 32.5 Å². The van der Waals surface area contributed by atoms with E-state index in [1.165, 1.54) is 18.2 Å². The largest absolute Gasteiger partial charge is 0.423 e. The van der Waals surface area contributed by atoms with Gasteiger partial charge in [-0.2, -0.15) is 26.3 Å². The molecule has 2 aromatic carbocycles. The van der Waals surface area contributed by atoms with Crippen molar-refractivity contribution in [2.24, 2.45) is 0 Å². The van der Waals surface area contributed by atoms with Gasteiger partial charge in [0.25, 0.3) is 5.69 Å². The second-order valence-corrected chi connectivity index (χ2v) is 10.5. The molecular formula is C27H33F6N5O3. The van der Waals surface area contributed by atoms with Crippen LogP contribution in [0, 0.1) is 10.1 Å². The van der Waals surface area contributed by atoms with Crippen LogP contribution in [0.25, 0.3) is 0 Å². The Bertz CT molecular complexity index is 1180. The number of hydrogen-bond acceptors (Lipinski definition) is 7. The number of aliphatic hydroxyl groups excluding tert-OH is 1. The van der Waals surface area contributed by atoms with Crippen LogP contribution >= 0.6 is 0 Å². The summed E-state index contributed by atoms with van der Waals surface area (Å²) in [5, 5.41) is 24.7. The first kappa shape index (κ1) is 30.8. The zero-order valence-electron chi connectivity index (χ0n) is 22.3.